The van der Waals surface area contributed by atoms with Gasteiger partial charge in [-0.05, 0) is 57.7 Å². The second-order valence-corrected chi connectivity index (χ2v) is 19.3. The summed E-state index contributed by atoms with van der Waals surface area (Å²) < 4.78 is 68.5. The van der Waals surface area contributed by atoms with Crippen molar-refractivity contribution in [2.24, 2.45) is 5.92 Å². The van der Waals surface area contributed by atoms with Gasteiger partial charge in [-0.15, -0.1) is 0 Å². The Kier molecular flexibility index (Phi) is 18.2. The van der Waals surface area contributed by atoms with Crippen molar-refractivity contribution in [2.45, 2.75) is 64.5 Å². The van der Waals surface area contributed by atoms with Crippen LogP contribution in [0.4, 0.5) is 13.6 Å². The third-order valence-corrected chi connectivity index (χ3v) is 14.3. The first kappa shape index (κ1) is 54.3. The summed E-state index contributed by atoms with van der Waals surface area (Å²) in [6, 6.07) is 4.17. The van der Waals surface area contributed by atoms with E-state index in [1.54, 1.807) is 29.7 Å². The number of hydrogen-bond acceptors (Lipinski definition) is 14. The number of pyridine rings is 2. The normalized spacial score (nSPS) is 17.0. The number of piperidine rings is 1. The van der Waals surface area contributed by atoms with Gasteiger partial charge in [0.2, 0.25) is 5.91 Å². The minimum absolute atomic E-state index is 0.0203. The molecule has 2 aliphatic rings. The number of likely N-dealkylation sites (tertiary alicyclic amines) is 1. The fourth-order valence-corrected chi connectivity index (χ4v) is 10.5. The zero-order valence-corrected chi connectivity index (χ0v) is 44.1. The molecule has 21 nitrogen and oxygen atoms in total. The molecule has 2 fully saturated rings. The molecule has 4 N–H and O–H groups in total. The molecule has 1 aliphatic heterocycles. The van der Waals surface area contributed by atoms with Gasteiger partial charge in [-0.2, -0.15) is 0 Å². The van der Waals surface area contributed by atoms with Gasteiger partial charge >= 0.3 is 6.03 Å². The molecule has 0 radical (unpaired) electrons. The van der Waals surface area contributed by atoms with Gasteiger partial charge in [0, 0.05) is 121 Å². The fraction of sp³-hybridized carbons (Fsp3) is 0.491. The highest BCUT2D eigenvalue weighted by atomic mass is 19.1. The van der Waals surface area contributed by atoms with Gasteiger partial charge in [-0.25, -0.2) is 43.5 Å². The first-order chi connectivity index (χ1) is 38.3. The summed E-state index contributed by atoms with van der Waals surface area (Å²) in [5.41, 5.74) is 3.68. The second kappa shape index (κ2) is 26.1. The molecule has 1 aliphatic carbocycles. The van der Waals surface area contributed by atoms with E-state index in [0.29, 0.717) is 185 Å². The molecule has 414 valence electrons. The summed E-state index contributed by atoms with van der Waals surface area (Å²) in [5, 5.41) is 8.41. The zero-order chi connectivity index (χ0) is 53.8. The fourth-order valence-electron chi connectivity index (χ4n) is 10.5. The number of nitrogens with one attached hydrogen (secondary N) is 4. The number of aromatic amines is 2. The number of carbonyl (C=O) groups is 2. The molecule has 0 unspecified atom stereocenters. The van der Waals surface area contributed by atoms with Crippen molar-refractivity contribution in [1.29, 1.82) is 0 Å². The second-order valence-electron chi connectivity index (χ2n) is 19.3. The minimum atomic E-state index is -0.592. The van der Waals surface area contributed by atoms with Gasteiger partial charge in [0.05, 0.1) is 84.2 Å². The van der Waals surface area contributed by atoms with Gasteiger partial charge in [0.25, 0.3) is 0 Å². The van der Waals surface area contributed by atoms with Crippen LogP contribution in [0, 0.1) is 17.6 Å². The van der Waals surface area contributed by atoms with E-state index >= 15 is 4.39 Å². The Morgan fingerprint density at radius 3 is 2.03 bits per heavy atom. The molecule has 1 saturated carbocycles. The molecule has 3 atom stereocenters. The average Bonchev–Trinajstić information content (AvgIpc) is 4.44. The van der Waals surface area contributed by atoms with E-state index in [2.05, 4.69) is 30.2 Å². The highest BCUT2D eigenvalue weighted by Gasteiger charge is 2.34. The SMILES string of the molecule is CCOCCOCCOCCNC(=O)[C@@H]1CCCC[C@@H]1n1ccc2cnc(-c3c[nH]c4nc(-c5cn([C@H]6CCCN(C(=O)NCCOCCOCCOCC)C6)c6nc(-c7c[nH]c8ncc(F)cc78)ncc56)c(F)cc34)nc21. The molecular formula is C55H67F2N13O8. The number of hydrogen-bond donors (Lipinski definition) is 4. The molecule has 0 bridgehead atoms. The van der Waals surface area contributed by atoms with Crippen LogP contribution in [-0.2, 0) is 33.2 Å². The zero-order valence-electron chi connectivity index (χ0n) is 44.1. The van der Waals surface area contributed by atoms with Crippen molar-refractivity contribution >= 4 is 56.1 Å². The molecule has 3 amide bonds. The predicted molar refractivity (Wildman–Crippen MR) is 288 cm³/mol. The number of carbonyl (C=O) groups excluding carboxylic acids is 2. The van der Waals surface area contributed by atoms with Crippen molar-refractivity contribution in [3.8, 4) is 34.0 Å². The lowest BCUT2D eigenvalue weighted by molar-refractivity contribution is -0.127. The van der Waals surface area contributed by atoms with E-state index in [1.807, 2.05) is 36.9 Å². The van der Waals surface area contributed by atoms with Crippen LogP contribution in [-0.4, -0.2) is 171 Å². The van der Waals surface area contributed by atoms with Crippen LogP contribution in [0.15, 0.2) is 61.6 Å². The molecule has 10 rings (SSSR count). The van der Waals surface area contributed by atoms with Gasteiger partial charge in [-0.3, -0.25) is 4.79 Å². The largest absolute Gasteiger partial charge is 0.379 e. The van der Waals surface area contributed by atoms with E-state index < -0.39 is 11.6 Å². The smallest absolute Gasteiger partial charge is 0.317 e. The van der Waals surface area contributed by atoms with Crippen LogP contribution in [0.5, 0.6) is 0 Å². The molecule has 78 heavy (non-hydrogen) atoms. The minimum Gasteiger partial charge on any atom is -0.379 e. The highest BCUT2D eigenvalue weighted by molar-refractivity contribution is 5.99. The monoisotopic (exact) mass is 1080 g/mol. The Morgan fingerprint density at radius 2 is 1.29 bits per heavy atom. The van der Waals surface area contributed by atoms with Crippen molar-refractivity contribution in [3.63, 3.8) is 0 Å². The number of H-pyrrole nitrogens is 2. The Labute approximate surface area is 449 Å². The number of rotatable bonds is 26. The van der Waals surface area contributed by atoms with Crippen molar-refractivity contribution in [2.75, 3.05) is 105 Å². The van der Waals surface area contributed by atoms with Gasteiger partial charge < -0.3 is 63.1 Å². The quantitative estimate of drug-likeness (QED) is 0.0384. The summed E-state index contributed by atoms with van der Waals surface area (Å²) in [6.45, 7) is 11.3. The lowest BCUT2D eigenvalue weighted by atomic mass is 9.83. The molecular weight excluding hydrogens is 1010 g/mol. The Hall–Kier alpha value is -7.02. The van der Waals surface area contributed by atoms with Crippen LogP contribution in [0.1, 0.15) is 64.5 Å². The highest BCUT2D eigenvalue weighted by Crippen LogP contribution is 2.40. The molecule has 23 heteroatoms. The van der Waals surface area contributed by atoms with Crippen molar-refractivity contribution in [3.05, 3.63) is 73.2 Å². The molecule has 8 aromatic heterocycles. The number of amides is 3. The number of halogens is 2. The van der Waals surface area contributed by atoms with Gasteiger partial charge in [0.15, 0.2) is 11.6 Å². The van der Waals surface area contributed by atoms with E-state index in [-0.39, 0.29) is 35.6 Å². The molecule has 8 aromatic rings. The molecule has 1 saturated heterocycles. The van der Waals surface area contributed by atoms with Gasteiger partial charge in [-0.1, -0.05) is 12.8 Å². The lowest BCUT2D eigenvalue weighted by Crippen LogP contribution is -2.46. The standard InChI is InChI=1S/C55H67F2N13O8/c1-3-73-18-20-77-24-22-75-16-12-58-54(71)38-9-5-6-10-46(38)69-15-11-35-28-60-50(66-52(35)69)42-31-63-49-40(42)27-45(57)47(65-49)44-34-70(53-43(44)32-64-51(67-53)41-30-62-48-39(41)26-36(56)29-61-48)37-8-7-14-68(33-37)55(72)59-13-17-76-23-25-78-21-19-74-4-2/h11,15,26-32,34,37-38,46H,3-10,12-14,16-25,33H2,1-2H3,(H,58,71)(H,59,72)(H,61,62)(H,63,65)/t37-,38+,46-/m0/s1. The molecule has 0 aromatic carbocycles. The summed E-state index contributed by atoms with van der Waals surface area (Å²) in [4.78, 5) is 64.0. The van der Waals surface area contributed by atoms with Crippen LogP contribution in [0.3, 0.4) is 0 Å². The van der Waals surface area contributed by atoms with E-state index in [9.17, 15) is 14.0 Å². The van der Waals surface area contributed by atoms with E-state index in [1.165, 1.54) is 12.1 Å². The summed E-state index contributed by atoms with van der Waals surface area (Å²) in [7, 11) is 0. The predicted octanol–water partition coefficient (Wildman–Crippen LogP) is 7.54. The van der Waals surface area contributed by atoms with Crippen LogP contribution < -0.4 is 10.6 Å². The maximum atomic E-state index is 17.0. The van der Waals surface area contributed by atoms with Crippen LogP contribution in [0.25, 0.3) is 78.2 Å². The topological polar surface area (TPSA) is 236 Å². The van der Waals surface area contributed by atoms with Crippen molar-refractivity contribution in [1.82, 2.24) is 64.5 Å². The molecule has 9 heterocycles. The van der Waals surface area contributed by atoms with Crippen LogP contribution >= 0.6 is 0 Å². The first-order valence-electron chi connectivity index (χ1n) is 27.1. The Morgan fingerprint density at radius 1 is 0.654 bits per heavy atom. The first-order valence-corrected chi connectivity index (χ1v) is 27.1. The Bertz CT molecular complexity index is 3310. The number of aromatic nitrogens is 10. The summed E-state index contributed by atoms with van der Waals surface area (Å²) in [6.07, 6.45) is 16.6. The summed E-state index contributed by atoms with van der Waals surface area (Å²) in [5.74, 6) is -0.694. The molecule has 0 spiro atoms. The maximum Gasteiger partial charge on any atom is 0.317 e. The average molecular weight is 1080 g/mol. The van der Waals surface area contributed by atoms with Crippen LogP contribution in [0.2, 0.25) is 0 Å². The van der Waals surface area contributed by atoms with Crippen molar-refractivity contribution < 1.29 is 46.8 Å². The lowest BCUT2D eigenvalue weighted by Gasteiger charge is -2.33. The third kappa shape index (κ3) is 12.5. The van der Waals surface area contributed by atoms with Gasteiger partial charge in [0.1, 0.15) is 39.9 Å². The maximum absolute atomic E-state index is 17.0. The number of ether oxygens (including phenoxy) is 6. The summed E-state index contributed by atoms with van der Waals surface area (Å²) >= 11 is 0. The number of nitrogens with zero attached hydrogens (tertiary/aromatic N) is 9. The number of urea groups is 1. The number of fused-ring (bicyclic) bond motifs is 4. The van der Waals surface area contributed by atoms with E-state index in [0.717, 1.165) is 37.3 Å². The third-order valence-electron chi connectivity index (χ3n) is 14.3. The van der Waals surface area contributed by atoms with E-state index in [4.69, 9.17) is 53.3 Å². The Balaban J connectivity index is 0.881.